The van der Waals surface area contributed by atoms with Crippen LogP contribution < -0.4 is 0 Å². The topological polar surface area (TPSA) is 118 Å². The quantitative estimate of drug-likeness (QED) is 0.0416. The molecular formula is C34H25Cl3FNO8S. The van der Waals surface area contributed by atoms with Gasteiger partial charge in [-0.05, 0) is 57.9 Å². The maximum Gasteiger partial charge on any atom is 0.338 e. The van der Waals surface area contributed by atoms with Gasteiger partial charge in [-0.2, -0.15) is 8.42 Å². The van der Waals surface area contributed by atoms with Crippen molar-refractivity contribution in [2.24, 2.45) is 5.16 Å². The van der Waals surface area contributed by atoms with E-state index in [9.17, 15) is 18.0 Å². The van der Waals surface area contributed by atoms with E-state index in [1.807, 2.05) is 24.3 Å². The number of benzene rings is 5. The Morgan fingerprint density at radius 2 is 1.31 bits per heavy atom. The van der Waals surface area contributed by atoms with Crippen molar-refractivity contribution in [3.63, 3.8) is 0 Å². The van der Waals surface area contributed by atoms with Crippen LogP contribution in [-0.4, -0.2) is 58.7 Å². The highest BCUT2D eigenvalue weighted by Crippen LogP contribution is 2.33. The number of hydrogen-bond donors (Lipinski definition) is 0. The highest BCUT2D eigenvalue weighted by molar-refractivity contribution is 7.87. The van der Waals surface area contributed by atoms with Gasteiger partial charge in [0.15, 0.2) is 18.4 Å². The van der Waals surface area contributed by atoms with Crippen LogP contribution in [0.4, 0.5) is 4.39 Å². The van der Waals surface area contributed by atoms with Crippen LogP contribution in [0, 0.1) is 0 Å². The van der Waals surface area contributed by atoms with Crippen LogP contribution in [0.25, 0.3) is 21.5 Å². The molecule has 0 radical (unpaired) electrons. The minimum atomic E-state index is -4.90. The molecular weight excluding hydrogens is 708 g/mol. The Labute approximate surface area is 289 Å². The lowest BCUT2D eigenvalue weighted by molar-refractivity contribution is -0.0478. The van der Waals surface area contributed by atoms with Crippen molar-refractivity contribution in [3.05, 3.63) is 123 Å². The van der Waals surface area contributed by atoms with Crippen molar-refractivity contribution in [1.29, 1.82) is 0 Å². The third-order valence-corrected chi connectivity index (χ3v) is 9.60. The number of oxime groups is 1. The second-order valence-corrected chi connectivity index (χ2v) is 13.0. The minimum Gasteiger partial charge on any atom is -0.459 e. The monoisotopic (exact) mass is 731 g/mol. The maximum atomic E-state index is 15.8. The minimum absolute atomic E-state index is 0.0249. The van der Waals surface area contributed by atoms with Gasteiger partial charge in [0.1, 0.15) is 18.6 Å². The average molecular weight is 733 g/mol. The number of rotatable bonds is 12. The van der Waals surface area contributed by atoms with Crippen molar-refractivity contribution >= 4 is 84.6 Å². The van der Waals surface area contributed by atoms with Gasteiger partial charge < -0.3 is 14.3 Å². The smallest absolute Gasteiger partial charge is 0.338 e. The number of ether oxygens (including phenoxy) is 2. The van der Waals surface area contributed by atoms with Crippen LogP contribution in [0.1, 0.15) is 20.7 Å². The molecule has 3 atom stereocenters. The van der Waals surface area contributed by atoms with E-state index < -0.39 is 51.9 Å². The van der Waals surface area contributed by atoms with E-state index >= 15 is 4.39 Å². The van der Waals surface area contributed by atoms with Gasteiger partial charge in [-0.25, -0.2) is 14.0 Å². The van der Waals surface area contributed by atoms with Crippen LogP contribution >= 0.6 is 34.8 Å². The largest absolute Gasteiger partial charge is 0.459 e. The number of nitrogens with zero attached hydrogens (tertiary/aromatic N) is 1. The first-order chi connectivity index (χ1) is 23.0. The molecule has 0 aliphatic rings. The summed E-state index contributed by atoms with van der Waals surface area (Å²) in [6.45, 7) is -0.902. The normalized spacial score (nSPS) is 13.7. The lowest BCUT2D eigenvalue weighted by Gasteiger charge is -2.27. The fourth-order valence-corrected chi connectivity index (χ4v) is 6.75. The van der Waals surface area contributed by atoms with E-state index in [0.717, 1.165) is 35.4 Å². The van der Waals surface area contributed by atoms with Crippen LogP contribution in [-0.2, 0) is 28.6 Å². The van der Waals surface area contributed by atoms with Crippen molar-refractivity contribution in [2.45, 2.75) is 23.3 Å². The molecule has 48 heavy (non-hydrogen) atoms. The molecule has 0 aliphatic carbocycles. The van der Waals surface area contributed by atoms with E-state index in [0.29, 0.717) is 11.6 Å². The highest BCUT2D eigenvalue weighted by atomic mass is 35.5. The van der Waals surface area contributed by atoms with Crippen molar-refractivity contribution in [2.75, 3.05) is 13.7 Å². The van der Waals surface area contributed by atoms with Gasteiger partial charge in [0.05, 0.1) is 32.4 Å². The zero-order valence-electron chi connectivity index (χ0n) is 24.9. The van der Waals surface area contributed by atoms with Gasteiger partial charge in [0, 0.05) is 0 Å². The number of halogens is 4. The molecule has 0 heterocycles. The van der Waals surface area contributed by atoms with E-state index in [2.05, 4.69) is 9.99 Å². The molecule has 14 heteroatoms. The average Bonchev–Trinajstić information content (AvgIpc) is 3.08. The summed E-state index contributed by atoms with van der Waals surface area (Å²) >= 11 is 18.2. The molecule has 0 fully saturated rings. The fraction of sp³-hybridized carbons (Fsp3) is 0.147. The highest BCUT2D eigenvalue weighted by Gasteiger charge is 2.39. The molecule has 0 aliphatic heterocycles. The lowest BCUT2D eigenvalue weighted by atomic mass is 10.1. The van der Waals surface area contributed by atoms with Gasteiger partial charge in [0.25, 0.3) is 10.1 Å². The van der Waals surface area contributed by atoms with Crippen LogP contribution in [0.2, 0.25) is 15.1 Å². The van der Waals surface area contributed by atoms with E-state index in [1.165, 1.54) is 18.2 Å². The Balaban J connectivity index is 1.50. The molecule has 248 valence electrons. The summed E-state index contributed by atoms with van der Waals surface area (Å²) in [5.74, 6) is -1.92. The number of hydrogen-bond acceptors (Lipinski definition) is 9. The molecule has 9 nitrogen and oxygen atoms in total. The maximum absolute atomic E-state index is 15.8. The van der Waals surface area contributed by atoms with Gasteiger partial charge in [-0.15, -0.1) is 0 Å². The van der Waals surface area contributed by atoms with Gasteiger partial charge in [-0.3, -0.25) is 4.18 Å². The summed E-state index contributed by atoms with van der Waals surface area (Å²) < 4.78 is 59.3. The molecule has 5 rings (SSSR count). The number of alkyl halides is 1. The number of carbonyl (C=O) groups excluding carboxylic acids is 2. The number of carbonyl (C=O) groups is 2. The van der Waals surface area contributed by atoms with Crippen LogP contribution in [0.5, 0.6) is 0 Å². The molecule has 0 spiro atoms. The molecule has 0 saturated carbocycles. The van der Waals surface area contributed by atoms with Crippen molar-refractivity contribution in [1.82, 2.24) is 0 Å². The molecule has 0 bridgehead atoms. The van der Waals surface area contributed by atoms with Gasteiger partial charge in [-0.1, -0.05) is 101 Å². The summed E-state index contributed by atoms with van der Waals surface area (Å²) in [7, 11) is -3.75. The SMILES string of the molecule is CON=C[C@@H](F)[C@H](OC(=O)c1ccc2ccccc2c1)[C@@H](COC(=O)c1ccc2ccccc2c1)OS(=O)(=O)c1cc(Cl)c(Cl)cc1Cl. The zero-order chi connectivity index (χ0) is 34.4. The summed E-state index contributed by atoms with van der Waals surface area (Å²) in [6.07, 6.45) is -5.71. The molecule has 5 aromatic carbocycles. The molecule has 0 aromatic heterocycles. The van der Waals surface area contributed by atoms with Crippen LogP contribution in [0.3, 0.4) is 0 Å². The predicted octanol–water partition coefficient (Wildman–Crippen LogP) is 8.08. The summed E-state index contributed by atoms with van der Waals surface area (Å²) in [5, 5.41) is 5.94. The zero-order valence-corrected chi connectivity index (χ0v) is 28.0. The summed E-state index contributed by atoms with van der Waals surface area (Å²) in [6, 6.07) is 25.9. The third kappa shape index (κ3) is 8.23. The van der Waals surface area contributed by atoms with Gasteiger partial charge in [0.2, 0.25) is 0 Å². The molecule has 0 N–H and O–H groups in total. The van der Waals surface area contributed by atoms with Crippen molar-refractivity contribution in [3.8, 4) is 0 Å². The third-order valence-electron chi connectivity index (χ3n) is 7.08. The molecule has 0 saturated heterocycles. The Hall–Kier alpha value is -4.26. The number of esters is 2. The second-order valence-electron chi connectivity index (χ2n) is 10.3. The Morgan fingerprint density at radius 1 is 0.771 bits per heavy atom. The Kier molecular flexibility index (Phi) is 11.2. The summed E-state index contributed by atoms with van der Waals surface area (Å²) in [5.41, 5.74) is 0.141. The Morgan fingerprint density at radius 3 is 1.90 bits per heavy atom. The molecule has 5 aromatic rings. The molecule has 0 amide bonds. The van der Waals surface area contributed by atoms with Crippen LogP contribution in [0.15, 0.2) is 107 Å². The Bertz CT molecular complexity index is 2130. The second kappa shape index (κ2) is 15.3. The lowest BCUT2D eigenvalue weighted by Crippen LogP contribution is -2.45. The van der Waals surface area contributed by atoms with E-state index in [1.54, 1.807) is 42.5 Å². The first-order valence-corrected chi connectivity index (χ1v) is 16.7. The standard InChI is InChI=1S/C34H25Cl3FNO8S/c1-44-39-18-29(38)32(46-34(41)25-13-11-21-7-3-5-9-23(21)15-25)30(47-48(42,43)31-17-27(36)26(35)16-28(31)37)19-45-33(40)24-12-10-20-6-2-4-8-22(20)14-24/h2-18,29-30,32H,19H2,1H3/t29-,30-,32+/m1/s1. The predicted molar refractivity (Wildman–Crippen MR) is 181 cm³/mol. The summed E-state index contributed by atoms with van der Waals surface area (Å²) in [4.78, 5) is 30.5. The van der Waals surface area contributed by atoms with E-state index in [4.69, 9.17) is 48.5 Å². The van der Waals surface area contributed by atoms with Crippen molar-refractivity contribution < 1.29 is 40.9 Å². The van der Waals surface area contributed by atoms with Gasteiger partial charge >= 0.3 is 11.9 Å². The first-order valence-electron chi connectivity index (χ1n) is 14.1. The first kappa shape index (κ1) is 35.1. The fourth-order valence-electron chi connectivity index (χ4n) is 4.70. The number of fused-ring (bicyclic) bond motifs is 2. The van der Waals surface area contributed by atoms with E-state index in [-0.39, 0.29) is 26.2 Å². The molecule has 0 unspecified atom stereocenters.